The van der Waals surface area contributed by atoms with Crippen molar-refractivity contribution < 1.29 is 30.4 Å². The minimum absolute atomic E-state index is 0. The molecule has 6 aromatic carbocycles. The largest absolute Gasteiger partial charge is 0.510 e. The van der Waals surface area contributed by atoms with Gasteiger partial charge in [0, 0.05) is 49.7 Å². The number of aromatic nitrogens is 4. The molecule has 75 heavy (non-hydrogen) atoms. The van der Waals surface area contributed by atoms with Gasteiger partial charge in [-0.25, -0.2) is 4.98 Å². The van der Waals surface area contributed by atoms with Crippen LogP contribution in [0.5, 0.6) is 11.5 Å². The summed E-state index contributed by atoms with van der Waals surface area (Å²) in [6, 6.07) is 53.9. The van der Waals surface area contributed by atoms with Gasteiger partial charge < -0.3 is 13.9 Å². The van der Waals surface area contributed by atoms with E-state index in [0.29, 0.717) is 11.5 Å². The average Bonchev–Trinajstić information content (AvgIpc) is 3.92. The summed E-state index contributed by atoms with van der Waals surface area (Å²) in [5.74, 6) is 2.60. The number of rotatable bonds is 10. The maximum Gasteiger partial charge on any atom is 0.267 e. The Bertz CT molecular complexity index is 3480. The molecule has 0 aliphatic heterocycles. The number of benzene rings is 6. The van der Waals surface area contributed by atoms with Gasteiger partial charge in [0.1, 0.15) is 5.82 Å². The van der Waals surface area contributed by atoms with Gasteiger partial charge in [0.15, 0.2) is 0 Å². The van der Waals surface area contributed by atoms with Crippen LogP contribution in [0.1, 0.15) is 181 Å². The third-order valence-electron chi connectivity index (χ3n) is 14.9. The fourth-order valence-corrected chi connectivity index (χ4v) is 10.7. The van der Waals surface area contributed by atoms with Gasteiger partial charge in [0.2, 0.25) is 0 Å². The molecule has 0 amide bonds. The Balaban J connectivity index is 0.00000747. The molecule has 3 heterocycles. The second kappa shape index (κ2) is 20.2. The van der Waals surface area contributed by atoms with Crippen molar-refractivity contribution in [1.29, 1.82) is 0 Å². The molecule has 0 atom stereocenters. The van der Waals surface area contributed by atoms with E-state index in [9.17, 15) is 0 Å². The summed E-state index contributed by atoms with van der Waals surface area (Å²) >= 11 is 0. The average molecular weight is 1170 g/mol. The molecule has 5 nitrogen and oxygen atoms in total. The van der Waals surface area contributed by atoms with Crippen LogP contribution in [0.3, 0.4) is 0 Å². The van der Waals surface area contributed by atoms with Gasteiger partial charge in [-0.2, -0.15) is 12.1 Å². The fraction of sp³-hybridized carbons (Fsp3) is 0.362. The fourth-order valence-electron chi connectivity index (χ4n) is 10.7. The molecule has 0 radical (unpaired) electrons. The third-order valence-corrected chi connectivity index (χ3v) is 14.9. The predicted molar refractivity (Wildman–Crippen MR) is 309 cm³/mol. The number of hydrogen-bond donors (Lipinski definition) is 0. The molecule has 6 heteroatoms. The Hall–Kier alpha value is -6.03. The quantitative estimate of drug-likeness (QED) is 0.101. The van der Waals surface area contributed by atoms with Crippen LogP contribution in [0.4, 0.5) is 0 Å². The van der Waals surface area contributed by atoms with E-state index in [1.807, 2.05) is 12.3 Å². The van der Waals surface area contributed by atoms with Crippen molar-refractivity contribution in [2.75, 3.05) is 0 Å². The standard InChI is InChI=1S/C69H78N4O.Pt/c1-44(2)55-28-24-29-56(45(3)4)62(55)46-35-51(71-43-72(64(68(14,15)16)63(71)67(11,12)13)52-38-49(65(5,6)7)37-50(39-52)66(8,9)10)41-54(36-46)74-53-31-32-58-57-27-22-23-30-59(57)73(60(58)42-53)61-40-48(33-34-70-61)69(17,18)47-25-20-19-21-26-47;/h19-40,44-45H,1-18H3;/q-2;. The van der Waals surface area contributed by atoms with Crippen LogP contribution in [0.15, 0.2) is 134 Å². The summed E-state index contributed by atoms with van der Waals surface area (Å²) in [6.07, 6.45) is 5.95. The zero-order valence-corrected chi connectivity index (χ0v) is 50.1. The topological polar surface area (TPSA) is 35.9 Å². The van der Waals surface area contributed by atoms with E-state index in [1.54, 1.807) is 0 Å². The summed E-state index contributed by atoms with van der Waals surface area (Å²) in [7, 11) is 0. The number of imidazole rings is 1. The Labute approximate surface area is 463 Å². The second-order valence-corrected chi connectivity index (χ2v) is 25.9. The maximum absolute atomic E-state index is 7.18. The molecular formula is C69H78N4OPt-2. The van der Waals surface area contributed by atoms with Crippen LogP contribution in [-0.4, -0.2) is 14.1 Å². The van der Waals surface area contributed by atoms with Gasteiger partial charge in [-0.05, 0) is 114 Å². The zero-order valence-electron chi connectivity index (χ0n) is 47.9. The van der Waals surface area contributed by atoms with Crippen LogP contribution in [0.2, 0.25) is 0 Å². The Morgan fingerprint density at radius 3 is 1.73 bits per heavy atom. The van der Waals surface area contributed by atoms with Crippen LogP contribution in [-0.2, 0) is 48.1 Å². The number of fused-ring (bicyclic) bond motifs is 3. The van der Waals surface area contributed by atoms with Crippen LogP contribution >= 0.6 is 0 Å². The molecule has 0 saturated heterocycles. The van der Waals surface area contributed by atoms with Gasteiger partial charge in [-0.1, -0.05) is 203 Å². The third kappa shape index (κ3) is 10.7. The maximum atomic E-state index is 7.18. The first-order chi connectivity index (χ1) is 34.6. The molecule has 392 valence electrons. The normalized spacial score (nSPS) is 12.8. The van der Waals surface area contributed by atoms with Gasteiger partial charge in [-0.15, -0.1) is 35.2 Å². The first-order valence-corrected chi connectivity index (χ1v) is 26.8. The molecule has 0 aliphatic rings. The van der Waals surface area contributed by atoms with Gasteiger partial charge in [0.25, 0.3) is 6.33 Å². The number of para-hydroxylation sites is 1. The summed E-state index contributed by atoms with van der Waals surface area (Å²) in [5, 5.41) is 2.21. The number of ether oxygens (including phenoxy) is 1. The molecule has 0 fully saturated rings. The monoisotopic (exact) mass is 1170 g/mol. The van der Waals surface area contributed by atoms with E-state index < -0.39 is 0 Å². The van der Waals surface area contributed by atoms with Crippen molar-refractivity contribution in [3.63, 3.8) is 0 Å². The van der Waals surface area contributed by atoms with Gasteiger partial charge in [0.05, 0.1) is 17.1 Å². The summed E-state index contributed by atoms with van der Waals surface area (Å²) < 4.78 is 14.0. The molecule has 9 aromatic rings. The van der Waals surface area contributed by atoms with E-state index in [2.05, 4.69) is 278 Å². The smallest absolute Gasteiger partial charge is 0.267 e. The minimum atomic E-state index is -0.295. The van der Waals surface area contributed by atoms with Crippen molar-refractivity contribution in [2.24, 2.45) is 0 Å². The van der Waals surface area contributed by atoms with Gasteiger partial charge in [-0.3, -0.25) is 4.57 Å². The Morgan fingerprint density at radius 2 is 1.15 bits per heavy atom. The molecule has 9 rings (SSSR count). The van der Waals surface area contributed by atoms with E-state index in [1.165, 1.54) is 50.3 Å². The number of hydrogen-bond acceptors (Lipinski definition) is 2. The van der Waals surface area contributed by atoms with E-state index in [4.69, 9.17) is 9.72 Å². The van der Waals surface area contributed by atoms with E-state index in [0.717, 1.165) is 44.6 Å². The zero-order chi connectivity index (χ0) is 53.4. The summed E-state index contributed by atoms with van der Waals surface area (Å²) in [4.78, 5) is 5.04. The van der Waals surface area contributed by atoms with Crippen LogP contribution in [0.25, 0.3) is 50.1 Å². The number of nitrogens with zero attached hydrogens (tertiary/aromatic N) is 4. The summed E-state index contributed by atoms with van der Waals surface area (Å²) in [6.45, 7) is 41.5. The minimum Gasteiger partial charge on any atom is -0.510 e. The molecule has 0 N–H and O–H groups in total. The van der Waals surface area contributed by atoms with E-state index >= 15 is 0 Å². The van der Waals surface area contributed by atoms with Crippen molar-refractivity contribution in [3.8, 4) is 39.8 Å². The first kappa shape index (κ1) is 55.2. The van der Waals surface area contributed by atoms with Crippen LogP contribution in [0, 0.1) is 18.5 Å². The summed E-state index contributed by atoms with van der Waals surface area (Å²) in [5.41, 5.74) is 15.3. The molecule has 3 aromatic heterocycles. The van der Waals surface area contributed by atoms with Crippen LogP contribution < -0.4 is 9.30 Å². The van der Waals surface area contributed by atoms with Gasteiger partial charge >= 0.3 is 0 Å². The van der Waals surface area contributed by atoms with E-state index in [-0.39, 0.29) is 60.0 Å². The SMILES string of the molecule is CC(C)c1cccc(C(C)C)c1-c1cc(Oc2[c-]c3c(cc2)c2ccccc2n3-c2cc(C(C)(C)c3ccccc3)ccn2)[c-]c(-n2[c-][n+](-c3cc(C(C)(C)C)cc(C(C)(C)C)c3)c(C(C)(C)C)c2C(C)(C)C)c1.[Pt]. The Kier molecular flexibility index (Phi) is 14.8. The van der Waals surface area contributed by atoms with Crippen molar-refractivity contribution in [1.82, 2.24) is 14.1 Å². The second-order valence-electron chi connectivity index (χ2n) is 25.9. The molecule has 0 saturated carbocycles. The van der Waals surface area contributed by atoms with Crippen molar-refractivity contribution >= 4 is 21.8 Å². The molecule has 0 spiro atoms. The molecule has 0 unspecified atom stereocenters. The Morgan fingerprint density at radius 1 is 0.533 bits per heavy atom. The molecule has 0 bridgehead atoms. The predicted octanol–water partition coefficient (Wildman–Crippen LogP) is 17.9. The number of pyridine rings is 1. The van der Waals surface area contributed by atoms with Crippen molar-refractivity contribution in [3.05, 3.63) is 197 Å². The molecular weight excluding hydrogens is 1100 g/mol. The molecule has 0 aliphatic carbocycles. The first-order valence-electron chi connectivity index (χ1n) is 26.8. The van der Waals surface area contributed by atoms with Crippen molar-refractivity contribution in [2.45, 2.75) is 164 Å².